The predicted molar refractivity (Wildman–Crippen MR) is 79.8 cm³/mol. The van der Waals surface area contributed by atoms with Crippen molar-refractivity contribution in [3.05, 3.63) is 78.0 Å². The monoisotopic (exact) mass is 281 g/mol. The lowest BCUT2D eigenvalue weighted by Gasteiger charge is -2.07. The van der Waals surface area contributed by atoms with Crippen LogP contribution in [0.3, 0.4) is 0 Å². The number of aromatic nitrogens is 1. The van der Waals surface area contributed by atoms with E-state index in [1.165, 1.54) is 12.1 Å². The zero-order valence-electron chi connectivity index (χ0n) is 11.5. The second-order valence-electron chi connectivity index (χ2n) is 4.93. The first-order chi connectivity index (χ1) is 10.1. The van der Waals surface area contributed by atoms with Crippen molar-refractivity contribution in [3.8, 4) is 22.4 Å². The maximum absolute atomic E-state index is 13.9. The third-order valence-electron chi connectivity index (χ3n) is 3.31. The number of aryl methyl sites for hydroxylation is 1. The lowest BCUT2D eigenvalue weighted by molar-refractivity contribution is 0.585. The van der Waals surface area contributed by atoms with Crippen LogP contribution >= 0.6 is 0 Å². The summed E-state index contributed by atoms with van der Waals surface area (Å²) in [6.45, 7) is 1.97. The molecule has 3 aromatic rings. The van der Waals surface area contributed by atoms with Gasteiger partial charge in [0, 0.05) is 23.4 Å². The molecule has 21 heavy (non-hydrogen) atoms. The average Bonchev–Trinajstić information content (AvgIpc) is 2.48. The van der Waals surface area contributed by atoms with Crippen LogP contribution in [0.4, 0.5) is 8.78 Å². The summed E-state index contributed by atoms with van der Waals surface area (Å²) >= 11 is 0. The van der Waals surface area contributed by atoms with Gasteiger partial charge in [-0.05, 0) is 42.3 Å². The second kappa shape index (κ2) is 5.44. The van der Waals surface area contributed by atoms with E-state index < -0.39 is 11.6 Å². The SMILES string of the molecule is Cc1ccc(-c2cccc(-c3ccc(F)cc3F)c2)nc1. The van der Waals surface area contributed by atoms with Gasteiger partial charge >= 0.3 is 0 Å². The normalized spacial score (nSPS) is 10.6. The maximum Gasteiger partial charge on any atom is 0.133 e. The van der Waals surface area contributed by atoms with Crippen LogP contribution in [0.25, 0.3) is 22.4 Å². The van der Waals surface area contributed by atoms with E-state index in [2.05, 4.69) is 4.98 Å². The number of hydrogen-bond acceptors (Lipinski definition) is 1. The first kappa shape index (κ1) is 13.4. The van der Waals surface area contributed by atoms with Gasteiger partial charge in [0.1, 0.15) is 11.6 Å². The molecule has 0 aliphatic carbocycles. The molecule has 0 N–H and O–H groups in total. The highest BCUT2D eigenvalue weighted by molar-refractivity contribution is 5.71. The summed E-state index contributed by atoms with van der Waals surface area (Å²) in [6, 6.07) is 14.9. The van der Waals surface area contributed by atoms with Crippen LogP contribution in [0.5, 0.6) is 0 Å². The van der Waals surface area contributed by atoms with Crippen LogP contribution in [0.1, 0.15) is 5.56 Å². The van der Waals surface area contributed by atoms with Crippen LogP contribution in [0.15, 0.2) is 60.8 Å². The Bertz CT molecular complexity index is 779. The third-order valence-corrected chi connectivity index (χ3v) is 3.31. The number of rotatable bonds is 2. The van der Waals surface area contributed by atoms with Crippen molar-refractivity contribution in [1.82, 2.24) is 4.98 Å². The quantitative estimate of drug-likeness (QED) is 0.644. The topological polar surface area (TPSA) is 12.9 Å². The lowest BCUT2D eigenvalue weighted by Crippen LogP contribution is -1.88. The van der Waals surface area contributed by atoms with E-state index in [0.717, 1.165) is 22.9 Å². The smallest absolute Gasteiger partial charge is 0.133 e. The largest absolute Gasteiger partial charge is 0.256 e. The lowest BCUT2D eigenvalue weighted by atomic mass is 10.0. The average molecular weight is 281 g/mol. The molecule has 0 bridgehead atoms. The highest BCUT2D eigenvalue weighted by Crippen LogP contribution is 2.27. The van der Waals surface area contributed by atoms with E-state index >= 15 is 0 Å². The van der Waals surface area contributed by atoms with Gasteiger partial charge in [0.25, 0.3) is 0 Å². The summed E-state index contributed by atoms with van der Waals surface area (Å²) in [5.74, 6) is -1.14. The molecule has 0 saturated carbocycles. The molecule has 0 aliphatic heterocycles. The molecule has 0 spiro atoms. The van der Waals surface area contributed by atoms with E-state index in [1.807, 2.05) is 37.3 Å². The fraction of sp³-hybridized carbons (Fsp3) is 0.0556. The Morgan fingerprint density at radius 3 is 2.38 bits per heavy atom. The molecule has 2 aromatic carbocycles. The van der Waals surface area contributed by atoms with Crippen molar-refractivity contribution in [2.75, 3.05) is 0 Å². The van der Waals surface area contributed by atoms with Crippen molar-refractivity contribution in [3.63, 3.8) is 0 Å². The van der Waals surface area contributed by atoms with Crippen molar-refractivity contribution in [2.45, 2.75) is 6.92 Å². The molecule has 0 fully saturated rings. The Labute approximate surface area is 121 Å². The summed E-state index contributed by atoms with van der Waals surface area (Å²) < 4.78 is 26.9. The predicted octanol–water partition coefficient (Wildman–Crippen LogP) is 5.00. The Hall–Kier alpha value is -2.55. The Morgan fingerprint density at radius 2 is 1.67 bits per heavy atom. The van der Waals surface area contributed by atoms with Crippen LogP contribution in [0, 0.1) is 18.6 Å². The van der Waals surface area contributed by atoms with Gasteiger partial charge in [0.15, 0.2) is 0 Å². The summed E-state index contributed by atoms with van der Waals surface area (Å²) in [4.78, 5) is 4.37. The molecule has 1 aromatic heterocycles. The van der Waals surface area contributed by atoms with Gasteiger partial charge < -0.3 is 0 Å². The van der Waals surface area contributed by atoms with Crippen molar-refractivity contribution in [2.24, 2.45) is 0 Å². The van der Waals surface area contributed by atoms with Gasteiger partial charge in [-0.1, -0.05) is 24.3 Å². The van der Waals surface area contributed by atoms with Crippen LogP contribution in [0.2, 0.25) is 0 Å². The highest BCUT2D eigenvalue weighted by atomic mass is 19.1. The molecule has 1 heterocycles. The Balaban J connectivity index is 2.05. The fourth-order valence-electron chi connectivity index (χ4n) is 2.21. The zero-order chi connectivity index (χ0) is 14.8. The van der Waals surface area contributed by atoms with Gasteiger partial charge in [-0.2, -0.15) is 0 Å². The summed E-state index contributed by atoms with van der Waals surface area (Å²) in [5, 5.41) is 0. The molecule has 104 valence electrons. The molecule has 0 aliphatic rings. The minimum absolute atomic E-state index is 0.380. The molecular formula is C18H13F2N. The molecule has 0 saturated heterocycles. The summed E-state index contributed by atoms with van der Waals surface area (Å²) in [5.41, 5.74) is 3.89. The highest BCUT2D eigenvalue weighted by Gasteiger charge is 2.08. The number of benzene rings is 2. The van der Waals surface area contributed by atoms with E-state index in [9.17, 15) is 8.78 Å². The minimum Gasteiger partial charge on any atom is -0.256 e. The molecular weight excluding hydrogens is 268 g/mol. The van der Waals surface area contributed by atoms with E-state index in [0.29, 0.717) is 11.1 Å². The van der Waals surface area contributed by atoms with E-state index in [-0.39, 0.29) is 0 Å². The standard InChI is InChI=1S/C18H13F2N/c1-12-5-8-18(21-11-12)14-4-2-3-13(9-14)16-7-6-15(19)10-17(16)20/h2-11H,1H3. The van der Waals surface area contributed by atoms with E-state index in [4.69, 9.17) is 0 Å². The van der Waals surface area contributed by atoms with Gasteiger partial charge in [0.2, 0.25) is 0 Å². The first-order valence-corrected chi connectivity index (χ1v) is 6.62. The van der Waals surface area contributed by atoms with Crippen LogP contribution in [-0.2, 0) is 0 Å². The molecule has 3 heteroatoms. The van der Waals surface area contributed by atoms with Crippen LogP contribution in [-0.4, -0.2) is 4.98 Å². The Morgan fingerprint density at radius 1 is 0.857 bits per heavy atom. The molecule has 0 unspecified atom stereocenters. The number of nitrogens with zero attached hydrogens (tertiary/aromatic N) is 1. The molecule has 0 radical (unpaired) electrons. The molecule has 1 nitrogen and oxygen atoms in total. The second-order valence-corrected chi connectivity index (χ2v) is 4.93. The third kappa shape index (κ3) is 2.82. The van der Waals surface area contributed by atoms with Gasteiger partial charge in [-0.15, -0.1) is 0 Å². The summed E-state index contributed by atoms with van der Waals surface area (Å²) in [6.07, 6.45) is 1.79. The number of hydrogen-bond donors (Lipinski definition) is 0. The van der Waals surface area contributed by atoms with Gasteiger partial charge in [0.05, 0.1) is 5.69 Å². The van der Waals surface area contributed by atoms with E-state index in [1.54, 1.807) is 12.3 Å². The number of pyridine rings is 1. The van der Waals surface area contributed by atoms with Crippen molar-refractivity contribution < 1.29 is 8.78 Å². The maximum atomic E-state index is 13.9. The molecule has 0 atom stereocenters. The molecule has 3 rings (SSSR count). The molecule has 0 amide bonds. The zero-order valence-corrected chi connectivity index (χ0v) is 11.5. The van der Waals surface area contributed by atoms with Crippen LogP contribution < -0.4 is 0 Å². The van der Waals surface area contributed by atoms with Gasteiger partial charge in [-0.3, -0.25) is 4.98 Å². The van der Waals surface area contributed by atoms with Crippen molar-refractivity contribution >= 4 is 0 Å². The number of halogens is 2. The first-order valence-electron chi connectivity index (χ1n) is 6.62. The van der Waals surface area contributed by atoms with Gasteiger partial charge in [-0.25, -0.2) is 8.78 Å². The Kier molecular flexibility index (Phi) is 3.48. The fourth-order valence-corrected chi connectivity index (χ4v) is 2.21. The summed E-state index contributed by atoms with van der Waals surface area (Å²) in [7, 11) is 0. The van der Waals surface area contributed by atoms with Crippen molar-refractivity contribution in [1.29, 1.82) is 0 Å². The minimum atomic E-state index is -0.576.